The van der Waals surface area contributed by atoms with Crippen molar-refractivity contribution in [2.75, 3.05) is 13.6 Å². The summed E-state index contributed by atoms with van der Waals surface area (Å²) in [6, 6.07) is 13.3. The summed E-state index contributed by atoms with van der Waals surface area (Å²) >= 11 is 6.08. The van der Waals surface area contributed by atoms with Crippen molar-refractivity contribution in [1.82, 2.24) is 9.88 Å². The number of rotatable bonds is 6. The third-order valence-corrected chi connectivity index (χ3v) is 3.55. The van der Waals surface area contributed by atoms with Crippen LogP contribution in [0.1, 0.15) is 23.8 Å². The van der Waals surface area contributed by atoms with Gasteiger partial charge in [-0.05, 0) is 37.2 Å². The maximum atomic E-state index is 10.2. The molecule has 1 aromatic carbocycles. The summed E-state index contributed by atoms with van der Waals surface area (Å²) in [4.78, 5) is 6.43. The van der Waals surface area contributed by atoms with Crippen molar-refractivity contribution in [3.63, 3.8) is 0 Å². The highest BCUT2D eigenvalue weighted by atomic mass is 35.5. The minimum absolute atomic E-state index is 0.533. The third-order valence-electron chi connectivity index (χ3n) is 3.21. The van der Waals surface area contributed by atoms with Gasteiger partial charge < -0.3 is 10.0 Å². The van der Waals surface area contributed by atoms with Gasteiger partial charge in [-0.25, -0.2) is 0 Å². The first kappa shape index (κ1) is 15.0. The van der Waals surface area contributed by atoms with Gasteiger partial charge in [-0.1, -0.05) is 35.9 Å². The first-order valence-corrected chi connectivity index (χ1v) is 7.05. The summed E-state index contributed by atoms with van der Waals surface area (Å²) in [7, 11) is 2.02. The number of hydrogen-bond acceptors (Lipinski definition) is 3. The number of aromatic nitrogens is 1. The Kier molecular flexibility index (Phi) is 5.53. The van der Waals surface area contributed by atoms with Crippen LogP contribution in [0.2, 0.25) is 5.02 Å². The second-order valence-electron chi connectivity index (χ2n) is 4.88. The van der Waals surface area contributed by atoms with Gasteiger partial charge in [0.2, 0.25) is 0 Å². The fourth-order valence-corrected chi connectivity index (χ4v) is 2.35. The van der Waals surface area contributed by atoms with Crippen molar-refractivity contribution in [2.45, 2.75) is 19.1 Å². The molecule has 0 aliphatic heterocycles. The van der Waals surface area contributed by atoms with E-state index in [4.69, 9.17) is 11.6 Å². The highest BCUT2D eigenvalue weighted by molar-refractivity contribution is 6.31. The predicted octanol–water partition coefficient (Wildman–Crippen LogP) is 3.29. The van der Waals surface area contributed by atoms with E-state index in [0.717, 1.165) is 24.3 Å². The third kappa shape index (κ3) is 4.30. The average molecular weight is 291 g/mol. The zero-order chi connectivity index (χ0) is 14.4. The smallest absolute Gasteiger partial charge is 0.0816 e. The van der Waals surface area contributed by atoms with Gasteiger partial charge in [-0.2, -0.15) is 0 Å². The van der Waals surface area contributed by atoms with Gasteiger partial charge in [0.25, 0.3) is 0 Å². The SMILES string of the molecule is CN(CCC(O)c1ccccc1Cl)Cc1ccccn1. The molecule has 0 radical (unpaired) electrons. The van der Waals surface area contributed by atoms with Crippen LogP contribution >= 0.6 is 11.6 Å². The Bertz CT molecular complexity index is 533. The van der Waals surface area contributed by atoms with E-state index in [0.29, 0.717) is 11.4 Å². The van der Waals surface area contributed by atoms with Crippen LogP contribution in [0.4, 0.5) is 0 Å². The van der Waals surface area contributed by atoms with Crippen molar-refractivity contribution in [3.8, 4) is 0 Å². The minimum Gasteiger partial charge on any atom is -0.388 e. The number of pyridine rings is 1. The van der Waals surface area contributed by atoms with Gasteiger partial charge in [0, 0.05) is 24.3 Å². The molecule has 1 heterocycles. The highest BCUT2D eigenvalue weighted by Gasteiger charge is 2.12. The standard InChI is InChI=1S/C16H19ClN2O/c1-19(12-13-6-4-5-10-18-13)11-9-16(20)14-7-2-3-8-15(14)17/h2-8,10,16,20H,9,11-12H2,1H3. The summed E-state index contributed by atoms with van der Waals surface area (Å²) in [6.45, 7) is 1.55. The summed E-state index contributed by atoms with van der Waals surface area (Å²) in [5.74, 6) is 0. The number of halogens is 1. The van der Waals surface area contributed by atoms with Crippen LogP contribution in [0.3, 0.4) is 0 Å². The largest absolute Gasteiger partial charge is 0.388 e. The Morgan fingerprint density at radius 1 is 1.20 bits per heavy atom. The van der Waals surface area contributed by atoms with E-state index in [2.05, 4.69) is 9.88 Å². The summed E-state index contributed by atoms with van der Waals surface area (Å²) < 4.78 is 0. The average Bonchev–Trinajstić information content (AvgIpc) is 2.46. The maximum absolute atomic E-state index is 10.2. The summed E-state index contributed by atoms with van der Waals surface area (Å²) in [6.07, 6.45) is 1.91. The number of aliphatic hydroxyl groups is 1. The lowest BCUT2D eigenvalue weighted by Crippen LogP contribution is -2.21. The van der Waals surface area contributed by atoms with Crippen LogP contribution in [0.25, 0.3) is 0 Å². The second kappa shape index (κ2) is 7.39. The zero-order valence-corrected chi connectivity index (χ0v) is 12.3. The molecule has 0 aliphatic rings. The lowest BCUT2D eigenvalue weighted by Gasteiger charge is -2.19. The molecule has 3 nitrogen and oxygen atoms in total. The molecular formula is C16H19ClN2O. The van der Waals surface area contributed by atoms with Gasteiger partial charge in [-0.3, -0.25) is 4.98 Å². The monoisotopic (exact) mass is 290 g/mol. The molecule has 0 saturated heterocycles. The Morgan fingerprint density at radius 2 is 1.95 bits per heavy atom. The normalized spacial score (nSPS) is 12.6. The molecule has 20 heavy (non-hydrogen) atoms. The Morgan fingerprint density at radius 3 is 2.65 bits per heavy atom. The molecular weight excluding hydrogens is 272 g/mol. The van der Waals surface area contributed by atoms with E-state index in [-0.39, 0.29) is 0 Å². The van der Waals surface area contributed by atoms with Gasteiger partial charge >= 0.3 is 0 Å². The van der Waals surface area contributed by atoms with E-state index in [9.17, 15) is 5.11 Å². The fraction of sp³-hybridized carbons (Fsp3) is 0.312. The Hall–Kier alpha value is -1.42. The molecule has 1 atom stereocenters. The molecule has 0 bridgehead atoms. The van der Waals surface area contributed by atoms with Crippen LogP contribution in [0, 0.1) is 0 Å². The van der Waals surface area contributed by atoms with Crippen molar-refractivity contribution in [2.24, 2.45) is 0 Å². The van der Waals surface area contributed by atoms with Crippen molar-refractivity contribution in [3.05, 3.63) is 64.9 Å². The zero-order valence-electron chi connectivity index (χ0n) is 11.5. The van der Waals surface area contributed by atoms with Crippen molar-refractivity contribution < 1.29 is 5.11 Å². The Labute approximate surface area is 124 Å². The van der Waals surface area contributed by atoms with Crippen LogP contribution < -0.4 is 0 Å². The van der Waals surface area contributed by atoms with Gasteiger partial charge in [0.15, 0.2) is 0 Å². The predicted molar refractivity (Wildman–Crippen MR) is 81.6 cm³/mol. The number of benzene rings is 1. The molecule has 1 unspecified atom stereocenters. The lowest BCUT2D eigenvalue weighted by molar-refractivity contribution is 0.147. The number of nitrogens with zero attached hydrogens (tertiary/aromatic N) is 2. The molecule has 0 saturated carbocycles. The van der Waals surface area contributed by atoms with Gasteiger partial charge in [-0.15, -0.1) is 0 Å². The van der Waals surface area contributed by atoms with Crippen molar-refractivity contribution in [1.29, 1.82) is 0 Å². The van der Waals surface area contributed by atoms with Crippen LogP contribution in [0.15, 0.2) is 48.7 Å². The molecule has 4 heteroatoms. The lowest BCUT2D eigenvalue weighted by atomic mass is 10.1. The quantitative estimate of drug-likeness (QED) is 0.887. The molecule has 106 valence electrons. The van der Waals surface area contributed by atoms with Crippen molar-refractivity contribution >= 4 is 11.6 Å². The van der Waals surface area contributed by atoms with E-state index >= 15 is 0 Å². The van der Waals surface area contributed by atoms with E-state index < -0.39 is 6.10 Å². The molecule has 0 spiro atoms. The second-order valence-corrected chi connectivity index (χ2v) is 5.29. The molecule has 1 N–H and O–H groups in total. The van der Waals surface area contributed by atoms with E-state index in [1.54, 1.807) is 12.3 Å². The number of aliphatic hydroxyl groups excluding tert-OH is 1. The number of hydrogen-bond donors (Lipinski definition) is 1. The van der Waals surface area contributed by atoms with Crippen LogP contribution in [-0.4, -0.2) is 28.6 Å². The van der Waals surface area contributed by atoms with E-state index in [1.807, 2.05) is 43.4 Å². The molecule has 1 aromatic heterocycles. The molecule has 2 aromatic rings. The minimum atomic E-state index is -0.533. The summed E-state index contributed by atoms with van der Waals surface area (Å²) in [5, 5.41) is 10.8. The van der Waals surface area contributed by atoms with Crippen LogP contribution in [-0.2, 0) is 6.54 Å². The van der Waals surface area contributed by atoms with Gasteiger partial charge in [0.05, 0.1) is 11.8 Å². The topological polar surface area (TPSA) is 36.4 Å². The first-order chi connectivity index (χ1) is 9.66. The highest BCUT2D eigenvalue weighted by Crippen LogP contribution is 2.24. The maximum Gasteiger partial charge on any atom is 0.0816 e. The molecule has 0 aliphatic carbocycles. The van der Waals surface area contributed by atoms with E-state index in [1.165, 1.54) is 0 Å². The fourth-order valence-electron chi connectivity index (χ4n) is 2.09. The first-order valence-electron chi connectivity index (χ1n) is 6.68. The Balaban J connectivity index is 1.84. The summed E-state index contributed by atoms with van der Waals surface area (Å²) in [5.41, 5.74) is 1.82. The molecule has 2 rings (SSSR count). The molecule has 0 amide bonds. The molecule has 0 fully saturated rings. The van der Waals surface area contributed by atoms with Crippen LogP contribution in [0.5, 0.6) is 0 Å². The van der Waals surface area contributed by atoms with Gasteiger partial charge in [0.1, 0.15) is 0 Å².